The average Bonchev–Trinajstić information content (AvgIpc) is 3.82. The van der Waals surface area contributed by atoms with Gasteiger partial charge in [0.05, 0.1) is 19.4 Å². The van der Waals surface area contributed by atoms with Gasteiger partial charge in [0.1, 0.15) is 6.61 Å². The maximum atomic E-state index is 14.3. The molecule has 344 valence electrons. The minimum Gasteiger partial charge on any atom is -0.447 e. The van der Waals surface area contributed by atoms with Crippen molar-refractivity contribution in [2.75, 3.05) is 26.0 Å². The van der Waals surface area contributed by atoms with E-state index in [-0.39, 0.29) is 31.3 Å². The maximum absolute atomic E-state index is 14.3. The molecule has 0 spiro atoms. The molecule has 7 rings (SSSR count). The quantitative estimate of drug-likeness (QED) is 0.0287. The van der Waals surface area contributed by atoms with Crippen molar-refractivity contribution in [2.24, 2.45) is 0 Å². The summed E-state index contributed by atoms with van der Waals surface area (Å²) >= 11 is 0. The Bertz CT molecular complexity index is 2840. The number of benzene rings is 5. The lowest BCUT2D eigenvalue weighted by atomic mass is 9.98. The van der Waals surface area contributed by atoms with Crippen molar-refractivity contribution < 1.29 is 77.3 Å². The van der Waals surface area contributed by atoms with Crippen LogP contribution in [0.3, 0.4) is 0 Å². The lowest BCUT2D eigenvalue weighted by Crippen LogP contribution is -2.41. The van der Waals surface area contributed by atoms with E-state index in [4.69, 9.17) is 4.74 Å². The zero-order chi connectivity index (χ0) is 47.7. The highest BCUT2D eigenvalue weighted by Gasteiger charge is 2.32. The summed E-state index contributed by atoms with van der Waals surface area (Å²) in [5.74, 6) is -31.4. The molecule has 5 aromatic carbocycles. The number of nitrogens with zero attached hydrogens (tertiary/aromatic N) is 3. The molecule has 0 saturated carbocycles. The number of rotatable bonds is 14. The van der Waals surface area contributed by atoms with Gasteiger partial charge in [-0.25, -0.2) is 41.2 Å². The molecule has 6 aromatic rings. The van der Waals surface area contributed by atoms with E-state index in [1.54, 1.807) is 6.07 Å². The summed E-state index contributed by atoms with van der Waals surface area (Å²) in [6.07, 6.45) is -2.98. The Kier molecular flexibility index (Phi) is 13.4. The van der Waals surface area contributed by atoms with Crippen molar-refractivity contribution in [1.29, 1.82) is 0 Å². The summed E-state index contributed by atoms with van der Waals surface area (Å²) in [7, 11) is 2.96. The van der Waals surface area contributed by atoms with E-state index < -0.39 is 113 Å². The van der Waals surface area contributed by atoms with Gasteiger partial charge in [-0.2, -0.15) is 17.6 Å². The third-order valence-corrected chi connectivity index (χ3v) is 10.6. The van der Waals surface area contributed by atoms with Gasteiger partial charge in [-0.3, -0.25) is 14.4 Å². The maximum Gasteiger partial charge on any atom is 0.424 e. The number of fused-ring (bicyclic) bond motifs is 4. The van der Waals surface area contributed by atoms with E-state index in [9.17, 15) is 63.1 Å². The van der Waals surface area contributed by atoms with Crippen molar-refractivity contribution in [3.8, 4) is 22.6 Å². The minimum absolute atomic E-state index is 0.00252. The normalized spacial score (nSPS) is 12.0. The fourth-order valence-corrected chi connectivity index (χ4v) is 7.29. The zero-order valence-electron chi connectivity index (χ0n) is 34.2. The monoisotopic (exact) mass is 930 g/mol. The molecule has 1 heterocycles. The number of amides is 2. The number of aromatic nitrogens is 1. The van der Waals surface area contributed by atoms with Crippen LogP contribution < -0.4 is 14.8 Å². The third-order valence-electron chi connectivity index (χ3n) is 10.6. The molecule has 1 N–H and O–H groups in total. The number of carbonyl (C=O) groups excluding carboxylic acids is 4. The van der Waals surface area contributed by atoms with Crippen molar-refractivity contribution in [3.63, 3.8) is 0 Å². The van der Waals surface area contributed by atoms with Gasteiger partial charge >= 0.3 is 18.0 Å². The number of hydrogen-bond donors (Lipinski definition) is 1. The van der Waals surface area contributed by atoms with E-state index in [2.05, 4.69) is 14.8 Å². The number of aryl methyl sites for hydroxylation is 1. The van der Waals surface area contributed by atoms with Crippen LogP contribution in [-0.2, 0) is 32.2 Å². The predicted molar refractivity (Wildman–Crippen MR) is 212 cm³/mol. The first-order valence-corrected chi connectivity index (χ1v) is 19.5. The summed E-state index contributed by atoms with van der Waals surface area (Å²) in [5.41, 5.74) is 4.83. The summed E-state index contributed by atoms with van der Waals surface area (Å²) in [5, 5.41) is 5.47. The number of nitrogens with one attached hydrogen (secondary N) is 1. The standard InChI is InChI=1S/C45H32F10N4O7/c1-57(58(2)45(63)64-20-28-26-9-5-3-7-24(26)25-8-4-6-10-27(25)28)19-23-18-21-17-22(56-30(60)13-14-31(61)65-43-39(52)35(48)33(46)36(49)40(43)53)11-12-29(21)59(23)16-15-32(62)66-44-41(54)37(50)34(47)38(51)42(44)55/h3-12,17-18,28H,13-16,19-20H2,1-2H3,(H,56,60). The van der Waals surface area contributed by atoms with Crippen molar-refractivity contribution in [1.82, 2.24) is 14.6 Å². The van der Waals surface area contributed by atoms with Crippen molar-refractivity contribution >= 4 is 40.5 Å². The minimum atomic E-state index is -2.47. The Balaban J connectivity index is 1.06. The van der Waals surface area contributed by atoms with Gasteiger partial charge in [-0.1, -0.05) is 48.5 Å². The lowest BCUT2D eigenvalue weighted by molar-refractivity contribution is -0.136. The largest absolute Gasteiger partial charge is 0.447 e. The molecule has 11 nitrogen and oxygen atoms in total. The first kappa shape index (κ1) is 46.6. The van der Waals surface area contributed by atoms with E-state index >= 15 is 0 Å². The molecular weight excluding hydrogens is 898 g/mol. The summed E-state index contributed by atoms with van der Waals surface area (Å²) < 4.78 is 154. The van der Waals surface area contributed by atoms with Gasteiger partial charge in [0.15, 0.2) is 0 Å². The fourth-order valence-electron chi connectivity index (χ4n) is 7.29. The van der Waals surface area contributed by atoms with Crippen LogP contribution in [0.25, 0.3) is 22.0 Å². The molecule has 2 amide bonds. The van der Waals surface area contributed by atoms with Crippen molar-refractivity contribution in [3.05, 3.63) is 148 Å². The number of carbonyl (C=O) groups is 4. The zero-order valence-corrected chi connectivity index (χ0v) is 34.2. The van der Waals surface area contributed by atoms with Gasteiger partial charge in [0.25, 0.3) is 0 Å². The molecule has 1 aliphatic carbocycles. The molecular formula is C45H32F10N4O7. The van der Waals surface area contributed by atoms with Gasteiger partial charge < -0.3 is 24.1 Å². The number of ether oxygens (including phenoxy) is 3. The second-order valence-electron chi connectivity index (χ2n) is 14.7. The Morgan fingerprint density at radius 3 is 1.62 bits per heavy atom. The fraction of sp³-hybridized carbons (Fsp3) is 0.200. The Morgan fingerprint density at radius 2 is 1.09 bits per heavy atom. The molecule has 0 atom stereocenters. The van der Waals surface area contributed by atoms with Gasteiger partial charge in [-0.15, -0.1) is 0 Å². The van der Waals surface area contributed by atoms with Gasteiger partial charge in [-0.05, 0) is 46.5 Å². The van der Waals surface area contributed by atoms with Crippen LogP contribution in [-0.4, -0.2) is 59.2 Å². The number of hydrogen-bond acceptors (Lipinski definition) is 8. The molecule has 0 aliphatic heterocycles. The highest BCUT2D eigenvalue weighted by atomic mass is 19.2. The van der Waals surface area contributed by atoms with E-state index in [1.807, 2.05) is 48.5 Å². The van der Waals surface area contributed by atoms with Gasteiger partial charge in [0, 0.05) is 55.3 Å². The number of esters is 2. The number of anilines is 1. The topological polar surface area (TPSA) is 119 Å². The number of hydrazine groups is 1. The summed E-state index contributed by atoms with van der Waals surface area (Å²) in [6.45, 7) is -0.418. The molecule has 1 aliphatic rings. The van der Waals surface area contributed by atoms with Crippen LogP contribution in [0.2, 0.25) is 0 Å². The highest BCUT2D eigenvalue weighted by molar-refractivity contribution is 5.95. The second kappa shape index (κ2) is 19.0. The Morgan fingerprint density at radius 1 is 0.606 bits per heavy atom. The van der Waals surface area contributed by atoms with Crippen LogP contribution in [0.15, 0.2) is 72.8 Å². The highest BCUT2D eigenvalue weighted by Crippen LogP contribution is 2.44. The van der Waals surface area contributed by atoms with E-state index in [1.165, 1.54) is 46.9 Å². The van der Waals surface area contributed by atoms with Gasteiger partial charge in [0.2, 0.25) is 75.6 Å². The molecule has 0 unspecified atom stereocenters. The molecule has 0 saturated heterocycles. The second-order valence-corrected chi connectivity index (χ2v) is 14.7. The molecule has 0 fully saturated rings. The van der Waals surface area contributed by atoms with E-state index in [0.717, 1.165) is 22.3 Å². The molecule has 0 radical (unpaired) electrons. The van der Waals surface area contributed by atoms with E-state index in [0.29, 0.717) is 16.6 Å². The average molecular weight is 931 g/mol. The first-order valence-electron chi connectivity index (χ1n) is 19.5. The van der Waals surface area contributed by atoms with Crippen molar-refractivity contribution in [2.45, 2.75) is 38.3 Å². The Hall–Kier alpha value is -7.42. The lowest BCUT2D eigenvalue weighted by Gasteiger charge is -2.28. The Labute approximate surface area is 366 Å². The summed E-state index contributed by atoms with van der Waals surface area (Å²) in [4.78, 5) is 51.3. The molecule has 0 bridgehead atoms. The molecule has 1 aromatic heterocycles. The van der Waals surface area contributed by atoms with Crippen LogP contribution in [0.5, 0.6) is 11.5 Å². The third kappa shape index (κ3) is 9.10. The SMILES string of the molecule is CN(Cc1cc2cc(NC(=O)CCC(=O)Oc3c(F)c(F)c(F)c(F)c3F)ccc2n1CCC(=O)Oc1c(F)c(F)c(F)c(F)c1F)N(C)C(=O)OCC1c2ccccc2-c2ccccc21. The summed E-state index contributed by atoms with van der Waals surface area (Å²) in [6, 6.07) is 21.3. The van der Waals surface area contributed by atoms with Crippen LogP contribution in [0, 0.1) is 58.2 Å². The smallest absolute Gasteiger partial charge is 0.424 e. The molecule has 66 heavy (non-hydrogen) atoms. The number of halogens is 10. The van der Waals surface area contributed by atoms with Crippen LogP contribution in [0.1, 0.15) is 42.0 Å². The predicted octanol–water partition coefficient (Wildman–Crippen LogP) is 9.58. The first-order chi connectivity index (χ1) is 31.4. The van der Waals surface area contributed by atoms with Crippen LogP contribution >= 0.6 is 0 Å². The van der Waals surface area contributed by atoms with Crippen LogP contribution in [0.4, 0.5) is 54.4 Å². The molecule has 21 heteroatoms.